The van der Waals surface area contributed by atoms with E-state index >= 15 is 0 Å². The third kappa shape index (κ3) is 5.69. The molecule has 3 heterocycles. The summed E-state index contributed by atoms with van der Waals surface area (Å²) in [6.45, 7) is 0. The molecular formula is C45H27N5O. The lowest BCUT2D eigenvalue weighted by Crippen LogP contribution is -2.00. The summed E-state index contributed by atoms with van der Waals surface area (Å²) in [7, 11) is 0. The molecule has 51 heavy (non-hydrogen) atoms. The molecule has 9 aromatic rings. The monoisotopic (exact) mass is 653 g/mol. The van der Waals surface area contributed by atoms with Gasteiger partial charge in [-0.2, -0.15) is 5.26 Å². The van der Waals surface area contributed by atoms with Crippen LogP contribution in [0.2, 0.25) is 0 Å². The van der Waals surface area contributed by atoms with Crippen molar-refractivity contribution in [3.8, 4) is 73.6 Å². The molecule has 0 aliphatic carbocycles. The summed E-state index contributed by atoms with van der Waals surface area (Å²) < 4.78 is 6.50. The van der Waals surface area contributed by atoms with Crippen molar-refractivity contribution in [1.29, 1.82) is 5.26 Å². The van der Waals surface area contributed by atoms with Gasteiger partial charge in [0.2, 0.25) is 0 Å². The highest BCUT2D eigenvalue weighted by atomic mass is 16.3. The van der Waals surface area contributed by atoms with Crippen molar-refractivity contribution in [1.82, 2.24) is 19.9 Å². The highest BCUT2D eigenvalue weighted by Gasteiger charge is 2.17. The predicted molar refractivity (Wildman–Crippen MR) is 202 cm³/mol. The van der Waals surface area contributed by atoms with Crippen LogP contribution in [0.4, 0.5) is 0 Å². The van der Waals surface area contributed by atoms with Crippen molar-refractivity contribution in [3.05, 3.63) is 170 Å². The van der Waals surface area contributed by atoms with Crippen molar-refractivity contribution in [3.63, 3.8) is 0 Å². The van der Waals surface area contributed by atoms with Crippen LogP contribution in [0, 0.1) is 11.3 Å². The fraction of sp³-hybridized carbons (Fsp3) is 0. The Balaban J connectivity index is 1.16. The summed E-state index contributed by atoms with van der Waals surface area (Å²) in [5.41, 5.74) is 10.9. The number of furan rings is 1. The zero-order chi connectivity index (χ0) is 34.1. The first-order valence-corrected chi connectivity index (χ1v) is 16.6. The summed E-state index contributed by atoms with van der Waals surface area (Å²) >= 11 is 0. The molecule has 0 saturated heterocycles. The van der Waals surface area contributed by atoms with E-state index < -0.39 is 0 Å². The predicted octanol–water partition coefficient (Wildman–Crippen LogP) is 11.0. The minimum Gasteiger partial charge on any atom is -0.456 e. The Hall–Kier alpha value is -7.23. The summed E-state index contributed by atoms with van der Waals surface area (Å²) in [6, 6.07) is 53.3. The maximum atomic E-state index is 9.42. The molecule has 0 aliphatic rings. The lowest BCUT2D eigenvalue weighted by atomic mass is 9.96. The van der Waals surface area contributed by atoms with Gasteiger partial charge in [0, 0.05) is 45.4 Å². The Morgan fingerprint density at radius 1 is 0.431 bits per heavy atom. The van der Waals surface area contributed by atoms with E-state index in [1.807, 2.05) is 84.9 Å². The number of hydrogen-bond donors (Lipinski definition) is 0. The van der Waals surface area contributed by atoms with Crippen molar-refractivity contribution in [2.24, 2.45) is 0 Å². The van der Waals surface area contributed by atoms with Gasteiger partial charge in [0.1, 0.15) is 17.2 Å². The Labute approximate surface area is 294 Å². The number of nitriles is 1. The Morgan fingerprint density at radius 2 is 1.02 bits per heavy atom. The standard InChI is InChI=1S/C45H27N5O/c46-26-29-22-37(28-47-27-29)33-15-8-17-35(24-33)44-48-43(31-12-5-2-6-13-31)49-45(50-44)36-20-21-39-41(25-36)51-40-19-9-18-38(42(39)40)34-16-7-14-32(23-34)30-10-3-1-4-11-30/h1-25,27-28H. The molecule has 0 saturated carbocycles. The van der Waals surface area contributed by atoms with E-state index in [1.165, 1.54) is 5.56 Å². The zero-order valence-corrected chi connectivity index (χ0v) is 27.2. The minimum atomic E-state index is 0.500. The highest BCUT2D eigenvalue weighted by Crippen LogP contribution is 2.39. The topological polar surface area (TPSA) is 88.5 Å². The molecule has 6 aromatic carbocycles. The fourth-order valence-electron chi connectivity index (χ4n) is 6.55. The number of nitrogens with zero attached hydrogens (tertiary/aromatic N) is 5. The first-order chi connectivity index (χ1) is 25.2. The highest BCUT2D eigenvalue weighted by molar-refractivity contribution is 6.13. The zero-order valence-electron chi connectivity index (χ0n) is 27.2. The number of pyridine rings is 1. The molecule has 0 amide bonds. The molecule has 0 unspecified atom stereocenters. The van der Waals surface area contributed by atoms with E-state index in [9.17, 15) is 5.26 Å². The first-order valence-electron chi connectivity index (χ1n) is 16.6. The summed E-state index contributed by atoms with van der Waals surface area (Å²) in [5, 5.41) is 11.5. The van der Waals surface area contributed by atoms with Crippen LogP contribution in [0.25, 0.3) is 89.5 Å². The molecule has 0 bridgehead atoms. The van der Waals surface area contributed by atoms with E-state index in [0.717, 1.165) is 66.4 Å². The maximum absolute atomic E-state index is 9.42. The Bertz CT molecular complexity index is 2770. The van der Waals surface area contributed by atoms with Gasteiger partial charge in [-0.15, -0.1) is 0 Å². The van der Waals surface area contributed by atoms with Crippen molar-refractivity contribution in [2.75, 3.05) is 0 Å². The smallest absolute Gasteiger partial charge is 0.164 e. The van der Waals surface area contributed by atoms with Crippen LogP contribution >= 0.6 is 0 Å². The van der Waals surface area contributed by atoms with Gasteiger partial charge in [-0.3, -0.25) is 4.98 Å². The molecule has 0 spiro atoms. The van der Waals surface area contributed by atoms with Crippen LogP contribution < -0.4 is 0 Å². The van der Waals surface area contributed by atoms with E-state index in [1.54, 1.807) is 12.4 Å². The van der Waals surface area contributed by atoms with E-state index in [2.05, 4.69) is 77.8 Å². The number of fused-ring (bicyclic) bond motifs is 3. The molecule has 0 fully saturated rings. The van der Waals surface area contributed by atoms with Gasteiger partial charge >= 0.3 is 0 Å². The van der Waals surface area contributed by atoms with Crippen LogP contribution in [0.5, 0.6) is 0 Å². The fourth-order valence-corrected chi connectivity index (χ4v) is 6.55. The molecule has 0 N–H and O–H groups in total. The average Bonchev–Trinajstić information content (AvgIpc) is 3.60. The second-order valence-corrected chi connectivity index (χ2v) is 12.3. The lowest BCUT2D eigenvalue weighted by molar-refractivity contribution is 0.669. The Morgan fingerprint density at radius 3 is 1.76 bits per heavy atom. The molecule has 0 aliphatic heterocycles. The van der Waals surface area contributed by atoms with E-state index in [-0.39, 0.29) is 0 Å². The molecule has 238 valence electrons. The molecule has 9 rings (SSSR count). The van der Waals surface area contributed by atoms with E-state index in [4.69, 9.17) is 19.4 Å². The van der Waals surface area contributed by atoms with Crippen LogP contribution in [-0.4, -0.2) is 19.9 Å². The number of aromatic nitrogens is 4. The van der Waals surface area contributed by atoms with Gasteiger partial charge in [-0.25, -0.2) is 15.0 Å². The minimum absolute atomic E-state index is 0.500. The molecule has 0 atom stereocenters. The third-order valence-corrected chi connectivity index (χ3v) is 9.02. The van der Waals surface area contributed by atoms with Crippen LogP contribution in [-0.2, 0) is 0 Å². The quantitative estimate of drug-likeness (QED) is 0.177. The first kappa shape index (κ1) is 29.9. The van der Waals surface area contributed by atoms with Crippen molar-refractivity contribution >= 4 is 21.9 Å². The molecular weight excluding hydrogens is 627 g/mol. The number of benzene rings is 6. The summed E-state index contributed by atoms with van der Waals surface area (Å²) in [4.78, 5) is 19.1. The van der Waals surface area contributed by atoms with Crippen LogP contribution in [0.1, 0.15) is 5.56 Å². The molecule has 0 radical (unpaired) electrons. The SMILES string of the molecule is N#Cc1cncc(-c2cccc(-c3nc(-c4ccccc4)nc(-c4ccc5c(c4)oc4cccc(-c6cccc(-c7ccccc7)c6)c45)n3)c2)c1. The van der Waals surface area contributed by atoms with Gasteiger partial charge in [-0.05, 0) is 64.2 Å². The van der Waals surface area contributed by atoms with Gasteiger partial charge in [-0.1, -0.05) is 115 Å². The number of rotatable bonds is 6. The Kier molecular flexibility index (Phi) is 7.42. The molecule has 6 nitrogen and oxygen atoms in total. The normalized spacial score (nSPS) is 11.1. The second-order valence-electron chi connectivity index (χ2n) is 12.3. The lowest BCUT2D eigenvalue weighted by Gasteiger charge is -2.10. The number of hydrogen-bond acceptors (Lipinski definition) is 6. The summed E-state index contributed by atoms with van der Waals surface area (Å²) in [5.74, 6) is 1.64. The molecule has 6 heteroatoms. The van der Waals surface area contributed by atoms with E-state index in [0.29, 0.717) is 23.0 Å². The third-order valence-electron chi connectivity index (χ3n) is 9.02. The van der Waals surface area contributed by atoms with Crippen molar-refractivity contribution in [2.45, 2.75) is 0 Å². The maximum Gasteiger partial charge on any atom is 0.164 e. The second kappa shape index (κ2) is 12.7. The average molecular weight is 654 g/mol. The van der Waals surface area contributed by atoms with Crippen molar-refractivity contribution < 1.29 is 4.42 Å². The van der Waals surface area contributed by atoms with Gasteiger partial charge < -0.3 is 4.42 Å². The summed E-state index contributed by atoms with van der Waals surface area (Å²) in [6.07, 6.45) is 3.31. The van der Waals surface area contributed by atoms with Gasteiger partial charge in [0.25, 0.3) is 0 Å². The largest absolute Gasteiger partial charge is 0.456 e. The van der Waals surface area contributed by atoms with Gasteiger partial charge in [0.05, 0.1) is 5.56 Å². The molecule has 3 aromatic heterocycles. The van der Waals surface area contributed by atoms with Crippen LogP contribution in [0.15, 0.2) is 168 Å². The van der Waals surface area contributed by atoms with Crippen LogP contribution in [0.3, 0.4) is 0 Å². The van der Waals surface area contributed by atoms with Gasteiger partial charge in [0.15, 0.2) is 17.5 Å².